The molecule has 1 spiro atoms. The molecule has 0 radical (unpaired) electrons. The van der Waals surface area contributed by atoms with Gasteiger partial charge in [0.1, 0.15) is 12.2 Å². The Balaban J connectivity index is 1.46. The Morgan fingerprint density at radius 1 is 0.812 bits per heavy atom. The number of ether oxygens (including phenoxy) is 2. The fourth-order valence-electron chi connectivity index (χ4n) is 5.11. The molecule has 6 unspecified atom stereocenters. The van der Waals surface area contributed by atoms with Crippen LogP contribution in [0, 0.1) is 5.92 Å². The van der Waals surface area contributed by atoms with Gasteiger partial charge in [0.05, 0.1) is 17.2 Å². The number of hydrogen-bond acceptors (Lipinski definition) is 4. The number of halogens is 1. The lowest BCUT2D eigenvalue weighted by molar-refractivity contribution is -0.279. The fourth-order valence-corrected chi connectivity index (χ4v) is 6.95. The molecule has 4 heterocycles. The molecule has 32 heavy (non-hydrogen) atoms. The molecule has 7 rings (SSSR count). The third-order valence-electron chi connectivity index (χ3n) is 6.60. The molecule has 3 aromatic carbocycles. The number of fused-ring (bicyclic) bond motifs is 2. The summed E-state index contributed by atoms with van der Waals surface area (Å²) in [5.41, 5.74) is 3.09. The van der Waals surface area contributed by atoms with Gasteiger partial charge in [-0.15, -0.1) is 0 Å². The minimum absolute atomic E-state index is 0.0731. The zero-order valence-corrected chi connectivity index (χ0v) is 19.0. The molecule has 6 heteroatoms. The van der Waals surface area contributed by atoms with Crippen LogP contribution in [0.5, 0.6) is 0 Å². The van der Waals surface area contributed by atoms with Crippen molar-refractivity contribution < 1.29 is 14.3 Å². The standard InChI is InChI=1S/C26H22ClNO3S/c1-16-22(17-8-4-2-5-9-17)30-26-28(16)25(29)21(24(32-26)19-10-6-3-7-11-19)23(31-26)18-12-14-20(27)15-13-18/h2-16,21-24H,1H3. The van der Waals surface area contributed by atoms with Gasteiger partial charge in [0.25, 0.3) is 0 Å². The summed E-state index contributed by atoms with van der Waals surface area (Å²) in [5.74, 6) is -0.277. The number of hydrogen-bond donors (Lipinski definition) is 0. The van der Waals surface area contributed by atoms with Crippen LogP contribution >= 0.6 is 23.4 Å². The highest BCUT2D eigenvalue weighted by Crippen LogP contribution is 2.66. The molecular formula is C26H22ClNO3S. The van der Waals surface area contributed by atoms with Crippen LogP contribution in [-0.4, -0.2) is 22.1 Å². The molecule has 4 fully saturated rings. The Morgan fingerprint density at radius 2 is 1.38 bits per heavy atom. The van der Waals surface area contributed by atoms with Crippen molar-refractivity contribution in [2.24, 2.45) is 5.92 Å². The summed E-state index contributed by atoms with van der Waals surface area (Å²) in [5, 5.41) is -0.586. The van der Waals surface area contributed by atoms with Crippen LogP contribution in [-0.2, 0) is 14.3 Å². The highest BCUT2D eigenvalue weighted by atomic mass is 35.5. The number of amides is 1. The molecule has 0 aliphatic carbocycles. The quantitative estimate of drug-likeness (QED) is 0.469. The molecule has 0 N–H and O–H groups in total. The zero-order valence-electron chi connectivity index (χ0n) is 17.4. The number of benzene rings is 3. The van der Waals surface area contributed by atoms with Crippen LogP contribution in [0.4, 0.5) is 0 Å². The van der Waals surface area contributed by atoms with E-state index in [1.807, 2.05) is 84.6 Å². The summed E-state index contributed by atoms with van der Waals surface area (Å²) in [6.07, 6.45) is -0.670. The first kappa shape index (κ1) is 20.3. The molecule has 1 amide bonds. The lowest BCUT2D eigenvalue weighted by Crippen LogP contribution is -2.63. The summed E-state index contributed by atoms with van der Waals surface area (Å²) in [7, 11) is 0. The van der Waals surface area contributed by atoms with Crippen LogP contribution < -0.4 is 0 Å². The van der Waals surface area contributed by atoms with Crippen molar-refractivity contribution in [3.05, 3.63) is 107 Å². The third-order valence-corrected chi connectivity index (χ3v) is 8.36. The number of nitrogens with zero attached hydrogens (tertiary/aromatic N) is 1. The lowest BCUT2D eigenvalue weighted by atomic mass is 9.86. The number of carbonyl (C=O) groups is 1. The van der Waals surface area contributed by atoms with Crippen molar-refractivity contribution in [2.75, 3.05) is 0 Å². The Bertz CT molecular complexity index is 1140. The highest BCUT2D eigenvalue weighted by molar-refractivity contribution is 8.00. The van der Waals surface area contributed by atoms with Crippen LogP contribution in [0.1, 0.15) is 41.1 Å². The van der Waals surface area contributed by atoms with E-state index in [1.54, 1.807) is 11.8 Å². The monoisotopic (exact) mass is 463 g/mol. The van der Waals surface area contributed by atoms with E-state index in [0.717, 1.165) is 16.7 Å². The van der Waals surface area contributed by atoms with Crippen molar-refractivity contribution in [1.29, 1.82) is 0 Å². The predicted molar refractivity (Wildman–Crippen MR) is 125 cm³/mol. The molecule has 4 aliphatic heterocycles. The molecule has 0 saturated carbocycles. The summed E-state index contributed by atoms with van der Waals surface area (Å²) in [6.45, 7) is 2.05. The maximum absolute atomic E-state index is 14.0. The van der Waals surface area contributed by atoms with Gasteiger partial charge < -0.3 is 9.47 Å². The van der Waals surface area contributed by atoms with Gasteiger partial charge in [-0.05, 0) is 35.7 Å². The lowest BCUT2D eigenvalue weighted by Gasteiger charge is -2.55. The smallest absolute Gasteiger partial charge is 0.309 e. The maximum Gasteiger partial charge on any atom is 0.309 e. The second-order valence-electron chi connectivity index (χ2n) is 8.49. The first-order valence-electron chi connectivity index (χ1n) is 10.8. The fraction of sp³-hybridized carbons (Fsp3) is 0.269. The summed E-state index contributed by atoms with van der Waals surface area (Å²) >= 11 is 7.73. The summed E-state index contributed by atoms with van der Waals surface area (Å²) in [6, 6.07) is 27.7. The minimum Gasteiger partial charge on any atom is -0.315 e. The van der Waals surface area contributed by atoms with Crippen LogP contribution in [0.15, 0.2) is 84.9 Å². The molecule has 4 aliphatic rings. The predicted octanol–water partition coefficient (Wildman–Crippen LogP) is 6.12. The first-order chi connectivity index (χ1) is 15.6. The second kappa shape index (κ2) is 7.63. The molecule has 3 aromatic rings. The Hall–Kier alpha value is -2.31. The van der Waals surface area contributed by atoms with Gasteiger partial charge in [-0.3, -0.25) is 9.69 Å². The van der Waals surface area contributed by atoms with Crippen molar-refractivity contribution in [2.45, 2.75) is 35.7 Å². The van der Waals surface area contributed by atoms with Crippen molar-refractivity contribution >= 4 is 29.3 Å². The average molecular weight is 464 g/mol. The van der Waals surface area contributed by atoms with Gasteiger partial charge >= 0.3 is 5.24 Å². The molecule has 6 atom stereocenters. The van der Waals surface area contributed by atoms with E-state index in [4.69, 9.17) is 21.1 Å². The normalized spacial score (nSPS) is 33.4. The molecule has 4 saturated heterocycles. The van der Waals surface area contributed by atoms with E-state index in [1.165, 1.54) is 0 Å². The van der Waals surface area contributed by atoms with Gasteiger partial charge in [-0.2, -0.15) is 0 Å². The second-order valence-corrected chi connectivity index (χ2v) is 10.2. The van der Waals surface area contributed by atoms with Gasteiger partial charge in [0.15, 0.2) is 0 Å². The maximum atomic E-state index is 14.0. The van der Waals surface area contributed by atoms with Crippen LogP contribution in [0.3, 0.4) is 0 Å². The molecule has 4 nitrogen and oxygen atoms in total. The topological polar surface area (TPSA) is 38.8 Å². The Kier molecular flexibility index (Phi) is 4.84. The van der Waals surface area contributed by atoms with E-state index in [-0.39, 0.29) is 29.2 Å². The third kappa shape index (κ3) is 3.03. The Morgan fingerprint density at radius 3 is 2.03 bits per heavy atom. The molecule has 2 bridgehead atoms. The van der Waals surface area contributed by atoms with Gasteiger partial charge in [0.2, 0.25) is 5.91 Å². The number of carbonyl (C=O) groups excluding carboxylic acids is 1. The highest BCUT2D eigenvalue weighted by Gasteiger charge is 2.69. The van der Waals surface area contributed by atoms with E-state index in [0.29, 0.717) is 5.02 Å². The van der Waals surface area contributed by atoms with Gasteiger partial charge in [-0.25, -0.2) is 0 Å². The van der Waals surface area contributed by atoms with Gasteiger partial charge in [-0.1, -0.05) is 96.2 Å². The minimum atomic E-state index is -1.17. The first-order valence-corrected chi connectivity index (χ1v) is 12.1. The average Bonchev–Trinajstić information content (AvgIpc) is 3.13. The van der Waals surface area contributed by atoms with E-state index >= 15 is 0 Å². The molecule has 0 aromatic heterocycles. The van der Waals surface area contributed by atoms with Crippen LogP contribution in [0.2, 0.25) is 5.02 Å². The van der Waals surface area contributed by atoms with E-state index < -0.39 is 11.3 Å². The van der Waals surface area contributed by atoms with Crippen LogP contribution in [0.25, 0.3) is 0 Å². The number of thioether (sulfide) groups is 1. The molecular weight excluding hydrogens is 442 g/mol. The largest absolute Gasteiger partial charge is 0.315 e. The zero-order chi connectivity index (χ0) is 21.9. The van der Waals surface area contributed by atoms with Gasteiger partial charge in [0, 0.05) is 5.02 Å². The van der Waals surface area contributed by atoms with Crippen molar-refractivity contribution in [3.8, 4) is 0 Å². The Labute approximate surface area is 196 Å². The van der Waals surface area contributed by atoms with E-state index in [9.17, 15) is 4.79 Å². The summed E-state index contributed by atoms with van der Waals surface area (Å²) in [4.78, 5) is 15.8. The molecule has 162 valence electrons. The SMILES string of the molecule is CC1C(c2ccccc2)OC23OC(c4ccc(Cl)cc4)C(C(=O)N12)C(c1ccccc1)S3. The van der Waals surface area contributed by atoms with Crippen molar-refractivity contribution in [3.63, 3.8) is 0 Å². The number of rotatable bonds is 3. The summed E-state index contributed by atoms with van der Waals surface area (Å²) < 4.78 is 13.3. The van der Waals surface area contributed by atoms with Crippen molar-refractivity contribution in [1.82, 2.24) is 4.90 Å². The van der Waals surface area contributed by atoms with E-state index in [2.05, 4.69) is 12.1 Å².